The van der Waals surface area contributed by atoms with E-state index >= 15 is 0 Å². The number of ether oxygens (including phenoxy) is 1. The predicted octanol–water partition coefficient (Wildman–Crippen LogP) is 3.66. The summed E-state index contributed by atoms with van der Waals surface area (Å²) in [6, 6.07) is 6.19. The average molecular weight is 501 g/mol. The van der Waals surface area contributed by atoms with Crippen molar-refractivity contribution in [2.75, 3.05) is 17.2 Å². The first-order valence-corrected chi connectivity index (χ1v) is 9.65. The van der Waals surface area contributed by atoms with Crippen LogP contribution in [0.25, 0.3) is 11.0 Å². The largest absolute Gasteiger partial charge is 0.435 e. The molecule has 0 amide bonds. The van der Waals surface area contributed by atoms with Gasteiger partial charge in [0, 0.05) is 17.8 Å². The van der Waals surface area contributed by atoms with Crippen LogP contribution in [-0.2, 0) is 0 Å². The van der Waals surface area contributed by atoms with Crippen molar-refractivity contribution in [2.45, 2.75) is 31.4 Å². The Hall–Kier alpha value is -2.28. The molecule has 1 aliphatic rings. The molecule has 4 rings (SSSR count). The summed E-state index contributed by atoms with van der Waals surface area (Å²) in [7, 11) is 0. The Morgan fingerprint density at radius 1 is 1.25 bits per heavy atom. The van der Waals surface area contributed by atoms with Crippen molar-refractivity contribution in [1.82, 2.24) is 18.0 Å². The highest BCUT2D eigenvalue weighted by Crippen LogP contribution is 2.30. The Labute approximate surface area is 173 Å². The molecule has 0 unspecified atom stereocenters. The molecule has 0 bridgehead atoms. The number of benzene rings is 1. The van der Waals surface area contributed by atoms with Crippen LogP contribution in [0, 0.1) is 0 Å². The van der Waals surface area contributed by atoms with Crippen molar-refractivity contribution >= 4 is 51.4 Å². The number of nitrogens with one attached hydrogen (secondary N) is 2. The van der Waals surface area contributed by atoms with Crippen LogP contribution >= 0.6 is 22.9 Å². The maximum Gasteiger partial charge on any atom is 0.387 e. The van der Waals surface area contributed by atoms with E-state index in [2.05, 4.69) is 30.4 Å². The summed E-state index contributed by atoms with van der Waals surface area (Å²) in [5, 5.41) is 11.4. The van der Waals surface area contributed by atoms with Crippen molar-refractivity contribution < 1.29 is 13.5 Å². The highest BCUT2D eigenvalue weighted by atomic mass is 127. The monoisotopic (exact) mass is 501 g/mol. The van der Waals surface area contributed by atoms with E-state index in [0.717, 1.165) is 24.6 Å². The Balaban J connectivity index is 1.58. The van der Waals surface area contributed by atoms with Gasteiger partial charge in [0.05, 0.1) is 34.4 Å². The summed E-state index contributed by atoms with van der Waals surface area (Å²) in [5.41, 5.74) is 7.37. The zero-order chi connectivity index (χ0) is 19.7. The summed E-state index contributed by atoms with van der Waals surface area (Å²) in [5.74, 6) is 1.09. The van der Waals surface area contributed by atoms with Gasteiger partial charge in [0.15, 0.2) is 5.65 Å². The van der Waals surface area contributed by atoms with Gasteiger partial charge >= 0.3 is 6.61 Å². The van der Waals surface area contributed by atoms with Crippen LogP contribution in [0.4, 0.5) is 26.2 Å². The lowest BCUT2D eigenvalue weighted by Crippen LogP contribution is -2.52. The quantitative estimate of drug-likeness (QED) is 0.425. The van der Waals surface area contributed by atoms with Crippen LogP contribution in [0.2, 0.25) is 0 Å². The van der Waals surface area contributed by atoms with Crippen LogP contribution in [0.3, 0.4) is 0 Å². The number of fused-ring (bicyclic) bond motifs is 1. The summed E-state index contributed by atoms with van der Waals surface area (Å²) in [6.07, 6.45) is 4.75. The SMILES string of the molecule is NC1(CNc2nc(Nc3ccc(OC(F)F)cc3)c3cnn(I)c3n2)CCC1. The van der Waals surface area contributed by atoms with Crippen molar-refractivity contribution in [3.05, 3.63) is 30.5 Å². The van der Waals surface area contributed by atoms with Crippen LogP contribution < -0.4 is 21.1 Å². The minimum absolute atomic E-state index is 0.0876. The Kier molecular flexibility index (Phi) is 5.19. The molecule has 0 saturated heterocycles. The lowest BCUT2D eigenvalue weighted by atomic mass is 9.78. The fourth-order valence-corrected chi connectivity index (χ4v) is 3.47. The number of rotatable bonds is 7. The first kappa shape index (κ1) is 19.1. The molecule has 148 valence electrons. The Bertz CT molecular complexity index is 976. The molecule has 4 N–H and O–H groups in total. The minimum atomic E-state index is -2.86. The van der Waals surface area contributed by atoms with Gasteiger partial charge in [0.25, 0.3) is 0 Å². The van der Waals surface area contributed by atoms with Crippen molar-refractivity contribution in [1.29, 1.82) is 0 Å². The molecular formula is C17H18F2IN7O. The number of hydrogen-bond acceptors (Lipinski definition) is 7. The molecule has 8 nitrogen and oxygen atoms in total. The summed E-state index contributed by atoms with van der Waals surface area (Å²) < 4.78 is 30.6. The van der Waals surface area contributed by atoms with Gasteiger partial charge < -0.3 is 21.1 Å². The lowest BCUT2D eigenvalue weighted by Gasteiger charge is -2.38. The molecule has 28 heavy (non-hydrogen) atoms. The molecular weight excluding hydrogens is 483 g/mol. The third-order valence-corrected chi connectivity index (χ3v) is 5.38. The number of nitrogens with two attached hydrogens (primary N) is 1. The van der Waals surface area contributed by atoms with E-state index in [0.29, 0.717) is 29.6 Å². The van der Waals surface area contributed by atoms with Gasteiger partial charge in [0.2, 0.25) is 5.95 Å². The number of halogens is 3. The van der Waals surface area contributed by atoms with Crippen LogP contribution in [0.1, 0.15) is 19.3 Å². The number of hydrogen-bond donors (Lipinski definition) is 3. The molecule has 0 spiro atoms. The van der Waals surface area contributed by atoms with E-state index in [1.165, 1.54) is 12.1 Å². The van der Waals surface area contributed by atoms with Crippen molar-refractivity contribution in [3.8, 4) is 5.75 Å². The van der Waals surface area contributed by atoms with E-state index in [4.69, 9.17) is 5.73 Å². The maximum absolute atomic E-state index is 12.3. The number of alkyl halides is 2. The van der Waals surface area contributed by atoms with Gasteiger partial charge in [-0.1, -0.05) is 0 Å². The van der Waals surface area contributed by atoms with Crippen molar-refractivity contribution in [2.24, 2.45) is 5.73 Å². The van der Waals surface area contributed by atoms with Crippen LogP contribution in [0.15, 0.2) is 30.5 Å². The summed E-state index contributed by atoms with van der Waals surface area (Å²) in [6.45, 7) is -2.27. The van der Waals surface area contributed by atoms with E-state index in [1.807, 2.05) is 22.9 Å². The minimum Gasteiger partial charge on any atom is -0.435 e. The Morgan fingerprint density at radius 3 is 2.64 bits per heavy atom. The molecule has 0 atom stereocenters. The second kappa shape index (κ2) is 7.62. The number of anilines is 3. The second-order valence-corrected chi connectivity index (χ2v) is 7.65. The molecule has 1 saturated carbocycles. The topological polar surface area (TPSA) is 103 Å². The molecule has 3 aromatic rings. The summed E-state index contributed by atoms with van der Waals surface area (Å²) in [4.78, 5) is 9.06. The van der Waals surface area contributed by atoms with E-state index in [-0.39, 0.29) is 11.3 Å². The molecule has 1 aliphatic carbocycles. The maximum atomic E-state index is 12.3. The van der Waals surface area contributed by atoms with Gasteiger partial charge in [0.1, 0.15) is 11.6 Å². The fourth-order valence-electron chi connectivity index (χ4n) is 2.97. The third kappa shape index (κ3) is 4.09. The highest BCUT2D eigenvalue weighted by Gasteiger charge is 2.32. The van der Waals surface area contributed by atoms with Crippen LogP contribution in [-0.4, -0.2) is 36.7 Å². The molecule has 2 aromatic heterocycles. The smallest absolute Gasteiger partial charge is 0.387 e. The lowest BCUT2D eigenvalue weighted by molar-refractivity contribution is -0.0498. The van der Waals surface area contributed by atoms with Gasteiger partial charge in [-0.3, -0.25) is 0 Å². The van der Waals surface area contributed by atoms with Gasteiger partial charge in [-0.05, 0) is 43.5 Å². The standard InChI is InChI=1S/C17H18F2IN7O/c18-15(19)28-11-4-2-10(3-5-11)24-13-12-8-23-27(20)14(12)26-16(25-13)22-9-17(21)6-1-7-17/h2-5,8,15H,1,6-7,9,21H2,(H2,22,24,25,26). The number of aromatic nitrogens is 4. The fraction of sp³-hybridized carbons (Fsp3) is 0.353. The zero-order valence-corrected chi connectivity index (χ0v) is 16.9. The highest BCUT2D eigenvalue weighted by molar-refractivity contribution is 14.1. The van der Waals surface area contributed by atoms with Crippen LogP contribution in [0.5, 0.6) is 5.75 Å². The Morgan fingerprint density at radius 2 is 2.00 bits per heavy atom. The van der Waals surface area contributed by atoms with E-state index < -0.39 is 6.61 Å². The van der Waals surface area contributed by atoms with Crippen molar-refractivity contribution in [3.63, 3.8) is 0 Å². The average Bonchev–Trinajstić information content (AvgIpc) is 3.01. The first-order chi connectivity index (χ1) is 13.4. The molecule has 0 aliphatic heterocycles. The van der Waals surface area contributed by atoms with Gasteiger partial charge in [-0.15, -0.1) is 0 Å². The predicted molar refractivity (Wildman–Crippen MR) is 110 cm³/mol. The molecule has 0 radical (unpaired) electrons. The normalized spacial score (nSPS) is 15.5. The van der Waals surface area contributed by atoms with Gasteiger partial charge in [-0.25, -0.2) is 0 Å². The van der Waals surface area contributed by atoms with Gasteiger partial charge in [-0.2, -0.15) is 26.7 Å². The molecule has 11 heteroatoms. The summed E-state index contributed by atoms with van der Waals surface area (Å²) >= 11 is 2.04. The molecule has 1 fully saturated rings. The first-order valence-electron chi connectivity index (χ1n) is 8.68. The molecule has 2 heterocycles. The van der Waals surface area contributed by atoms with E-state index in [1.54, 1.807) is 21.2 Å². The number of nitrogens with zero attached hydrogens (tertiary/aromatic N) is 4. The second-order valence-electron chi connectivity index (χ2n) is 6.74. The third-order valence-electron chi connectivity index (χ3n) is 4.68. The zero-order valence-electron chi connectivity index (χ0n) is 14.7. The van der Waals surface area contributed by atoms with E-state index in [9.17, 15) is 8.78 Å². The molecule has 1 aromatic carbocycles.